The summed E-state index contributed by atoms with van der Waals surface area (Å²) in [5, 5.41) is 0. The maximum Gasteiger partial charge on any atom is 0.307 e. The molecule has 0 fully saturated rings. The van der Waals surface area contributed by atoms with E-state index in [0.29, 0.717) is 6.42 Å². The third kappa shape index (κ3) is 5.02. The van der Waals surface area contributed by atoms with Crippen molar-refractivity contribution in [1.29, 1.82) is 0 Å². The van der Waals surface area contributed by atoms with Gasteiger partial charge in [0.05, 0.1) is 6.42 Å². The van der Waals surface area contributed by atoms with Gasteiger partial charge < -0.3 is 4.74 Å². The molecule has 1 aromatic carbocycles. The summed E-state index contributed by atoms with van der Waals surface area (Å²) in [6.45, 7) is 0.290. The Kier molecular flexibility index (Phi) is 5.51. The molecule has 0 atom stereocenters. The van der Waals surface area contributed by atoms with Crippen molar-refractivity contribution in [3.05, 3.63) is 42.0 Å². The molecule has 0 amide bonds. The molecule has 2 heteroatoms. The molecule has 0 N–H and O–H groups in total. The first-order valence-corrected chi connectivity index (χ1v) is 5.13. The van der Waals surface area contributed by atoms with E-state index in [1.165, 1.54) is 0 Å². The van der Waals surface area contributed by atoms with Gasteiger partial charge in [0.15, 0.2) is 0 Å². The van der Waals surface area contributed by atoms with Gasteiger partial charge in [0.25, 0.3) is 0 Å². The molecule has 1 aromatic rings. The summed E-state index contributed by atoms with van der Waals surface area (Å²) < 4.78 is 4.94. The number of terminal acetylenes is 1. The van der Waals surface area contributed by atoms with Crippen molar-refractivity contribution in [3.63, 3.8) is 0 Å². The summed E-state index contributed by atoms with van der Waals surface area (Å²) in [5.41, 5.74) is 1.09. The predicted octanol–water partition coefficient (Wildman–Crippen LogP) is 2.66. The molecule has 0 saturated carbocycles. The topological polar surface area (TPSA) is 26.3 Å². The Balaban J connectivity index is 2.23. The Bertz CT molecular complexity index is 385. The zero-order chi connectivity index (χ0) is 11.6. The quantitative estimate of drug-likeness (QED) is 0.556. The lowest BCUT2D eigenvalue weighted by molar-refractivity contribution is -0.142. The highest BCUT2D eigenvalue weighted by Crippen LogP contribution is 2.00. The van der Waals surface area contributed by atoms with Crippen molar-refractivity contribution in [3.8, 4) is 12.3 Å². The van der Waals surface area contributed by atoms with E-state index in [4.69, 9.17) is 11.2 Å². The Hall–Kier alpha value is -2.01. The van der Waals surface area contributed by atoms with Crippen LogP contribution >= 0.6 is 0 Å². The highest BCUT2D eigenvalue weighted by atomic mass is 16.5. The van der Waals surface area contributed by atoms with Gasteiger partial charge in [-0.15, -0.1) is 12.3 Å². The number of esters is 1. The smallest absolute Gasteiger partial charge is 0.307 e. The van der Waals surface area contributed by atoms with Gasteiger partial charge in [-0.3, -0.25) is 4.79 Å². The SMILES string of the molecule is C#CCCC(=O)OC/C=C/c1ccccc1. The van der Waals surface area contributed by atoms with E-state index >= 15 is 0 Å². The van der Waals surface area contributed by atoms with Crippen LogP contribution in [0.4, 0.5) is 0 Å². The molecule has 1 rings (SSSR count). The molecule has 0 heterocycles. The summed E-state index contributed by atoms with van der Waals surface area (Å²) in [4.78, 5) is 11.1. The lowest BCUT2D eigenvalue weighted by atomic mass is 10.2. The molecule has 0 unspecified atom stereocenters. The molecular weight excluding hydrogens is 200 g/mol. The maximum atomic E-state index is 11.1. The molecule has 0 spiro atoms. The van der Waals surface area contributed by atoms with Crippen LogP contribution in [0.1, 0.15) is 18.4 Å². The number of carbonyl (C=O) groups excluding carboxylic acids is 1. The van der Waals surface area contributed by atoms with Gasteiger partial charge in [0.2, 0.25) is 0 Å². The number of rotatable bonds is 5. The van der Waals surface area contributed by atoms with Crippen LogP contribution in [0.5, 0.6) is 0 Å². The van der Waals surface area contributed by atoms with Crippen LogP contribution in [0.25, 0.3) is 6.08 Å². The highest BCUT2D eigenvalue weighted by Gasteiger charge is 1.98. The van der Waals surface area contributed by atoms with Crippen LogP contribution in [0, 0.1) is 12.3 Å². The second-order valence-electron chi connectivity index (χ2n) is 3.20. The fraction of sp³-hybridized carbons (Fsp3) is 0.214. The summed E-state index contributed by atoms with van der Waals surface area (Å²) >= 11 is 0. The molecule has 0 aliphatic carbocycles. The number of carbonyl (C=O) groups is 1. The van der Waals surface area contributed by atoms with Crippen molar-refractivity contribution in [2.24, 2.45) is 0 Å². The Morgan fingerprint density at radius 2 is 2.12 bits per heavy atom. The van der Waals surface area contributed by atoms with Gasteiger partial charge >= 0.3 is 5.97 Å². The molecule has 0 saturated heterocycles. The molecule has 0 aliphatic rings. The third-order valence-corrected chi connectivity index (χ3v) is 1.92. The average molecular weight is 214 g/mol. The van der Waals surface area contributed by atoms with Crippen molar-refractivity contribution >= 4 is 12.0 Å². The van der Waals surface area contributed by atoms with E-state index in [-0.39, 0.29) is 19.0 Å². The summed E-state index contributed by atoms with van der Waals surface area (Å²) in [6, 6.07) is 9.84. The second-order valence-corrected chi connectivity index (χ2v) is 3.20. The Labute approximate surface area is 95.9 Å². The summed E-state index contributed by atoms with van der Waals surface area (Å²) in [7, 11) is 0. The van der Waals surface area contributed by atoms with Crippen LogP contribution in [-0.2, 0) is 9.53 Å². The standard InChI is InChI=1S/C14H14O2/c1-2-3-11-14(15)16-12-7-10-13-8-5-4-6-9-13/h1,4-10H,3,11-12H2/b10-7+. The number of benzene rings is 1. The molecule has 0 aromatic heterocycles. The normalized spacial score (nSPS) is 9.94. The lowest BCUT2D eigenvalue weighted by Gasteiger charge is -1.98. The molecule has 0 bridgehead atoms. The van der Waals surface area contributed by atoms with Crippen LogP contribution in [0.3, 0.4) is 0 Å². The number of ether oxygens (including phenoxy) is 1. The fourth-order valence-corrected chi connectivity index (χ4v) is 1.14. The summed E-state index contributed by atoms with van der Waals surface area (Å²) in [6.07, 6.45) is 9.47. The first kappa shape index (κ1) is 12.1. The van der Waals surface area contributed by atoms with Crippen LogP contribution < -0.4 is 0 Å². The van der Waals surface area contributed by atoms with Gasteiger partial charge in [0.1, 0.15) is 6.61 Å². The maximum absolute atomic E-state index is 11.1. The van der Waals surface area contributed by atoms with Crippen molar-refractivity contribution in [1.82, 2.24) is 0 Å². The second kappa shape index (κ2) is 7.30. The first-order chi connectivity index (χ1) is 7.83. The van der Waals surface area contributed by atoms with E-state index in [0.717, 1.165) is 5.56 Å². The fourth-order valence-electron chi connectivity index (χ4n) is 1.14. The van der Waals surface area contributed by atoms with Crippen LogP contribution in [0.15, 0.2) is 36.4 Å². The van der Waals surface area contributed by atoms with Crippen molar-refractivity contribution in [2.45, 2.75) is 12.8 Å². The van der Waals surface area contributed by atoms with Crippen LogP contribution in [0.2, 0.25) is 0 Å². The Morgan fingerprint density at radius 1 is 1.38 bits per heavy atom. The lowest BCUT2D eigenvalue weighted by Crippen LogP contribution is -2.03. The van der Waals surface area contributed by atoms with Gasteiger partial charge in [-0.1, -0.05) is 36.4 Å². The largest absolute Gasteiger partial charge is 0.461 e. The van der Waals surface area contributed by atoms with E-state index in [1.807, 2.05) is 42.5 Å². The average Bonchev–Trinajstić information content (AvgIpc) is 2.33. The van der Waals surface area contributed by atoms with Gasteiger partial charge in [-0.05, 0) is 11.6 Å². The molecule has 0 radical (unpaired) electrons. The zero-order valence-corrected chi connectivity index (χ0v) is 9.06. The van der Waals surface area contributed by atoms with Gasteiger partial charge in [-0.2, -0.15) is 0 Å². The summed E-state index contributed by atoms with van der Waals surface area (Å²) in [5.74, 6) is 2.14. The minimum atomic E-state index is -0.254. The molecule has 2 nitrogen and oxygen atoms in total. The van der Waals surface area contributed by atoms with E-state index < -0.39 is 0 Å². The molecule has 0 aliphatic heterocycles. The minimum absolute atomic E-state index is 0.254. The number of hydrogen-bond donors (Lipinski definition) is 0. The monoisotopic (exact) mass is 214 g/mol. The zero-order valence-electron chi connectivity index (χ0n) is 9.06. The van der Waals surface area contributed by atoms with E-state index in [9.17, 15) is 4.79 Å². The molecule has 82 valence electrons. The van der Waals surface area contributed by atoms with Crippen molar-refractivity contribution in [2.75, 3.05) is 6.61 Å². The van der Waals surface area contributed by atoms with Gasteiger partial charge in [-0.25, -0.2) is 0 Å². The highest BCUT2D eigenvalue weighted by molar-refractivity contribution is 5.69. The third-order valence-electron chi connectivity index (χ3n) is 1.92. The van der Waals surface area contributed by atoms with E-state index in [2.05, 4.69) is 5.92 Å². The predicted molar refractivity (Wildman–Crippen MR) is 64.5 cm³/mol. The molecular formula is C14H14O2. The van der Waals surface area contributed by atoms with Crippen LogP contribution in [-0.4, -0.2) is 12.6 Å². The molecule has 16 heavy (non-hydrogen) atoms. The number of hydrogen-bond acceptors (Lipinski definition) is 2. The Morgan fingerprint density at radius 3 is 2.81 bits per heavy atom. The van der Waals surface area contributed by atoms with Gasteiger partial charge in [0, 0.05) is 6.42 Å². The van der Waals surface area contributed by atoms with E-state index in [1.54, 1.807) is 0 Å². The van der Waals surface area contributed by atoms with Crippen molar-refractivity contribution < 1.29 is 9.53 Å². The minimum Gasteiger partial charge on any atom is -0.461 e. The first-order valence-electron chi connectivity index (χ1n) is 5.13.